The van der Waals surface area contributed by atoms with E-state index in [0.29, 0.717) is 18.0 Å². The smallest absolute Gasteiger partial charge is 0.129 e. The van der Waals surface area contributed by atoms with Crippen LogP contribution < -0.4 is 5.32 Å². The maximum atomic E-state index is 13.4. The standard InChI is InChI=1S/C15H23F2N/c1-15(2,3)14(18-4)7-5-6-11-8-9-12(16)10-13(11)17/h8-10,14,18H,5-7H2,1-4H3. The number of halogens is 2. The van der Waals surface area contributed by atoms with E-state index in [1.165, 1.54) is 12.1 Å². The van der Waals surface area contributed by atoms with Crippen LogP contribution in [0.4, 0.5) is 8.78 Å². The SMILES string of the molecule is CNC(CCCc1ccc(F)cc1F)C(C)(C)C. The molecule has 0 heterocycles. The molecule has 1 nitrogen and oxygen atoms in total. The van der Waals surface area contributed by atoms with Gasteiger partial charge in [-0.15, -0.1) is 0 Å². The Labute approximate surface area is 109 Å². The highest BCUT2D eigenvalue weighted by atomic mass is 19.1. The van der Waals surface area contributed by atoms with Crippen molar-refractivity contribution in [2.24, 2.45) is 5.41 Å². The topological polar surface area (TPSA) is 12.0 Å². The summed E-state index contributed by atoms with van der Waals surface area (Å²) in [7, 11) is 1.95. The molecule has 0 aliphatic carbocycles. The molecule has 0 spiro atoms. The van der Waals surface area contributed by atoms with E-state index >= 15 is 0 Å². The molecule has 1 atom stereocenters. The summed E-state index contributed by atoms with van der Waals surface area (Å²) < 4.78 is 26.2. The van der Waals surface area contributed by atoms with Crippen molar-refractivity contribution in [1.29, 1.82) is 0 Å². The Bertz CT molecular complexity index is 383. The van der Waals surface area contributed by atoms with Gasteiger partial charge in [-0.1, -0.05) is 26.8 Å². The van der Waals surface area contributed by atoms with Crippen LogP contribution in [-0.4, -0.2) is 13.1 Å². The number of hydrogen-bond donors (Lipinski definition) is 1. The quantitative estimate of drug-likeness (QED) is 0.841. The Kier molecular flexibility index (Phi) is 5.27. The molecule has 0 saturated carbocycles. The summed E-state index contributed by atoms with van der Waals surface area (Å²) in [5, 5.41) is 3.30. The molecule has 102 valence electrons. The van der Waals surface area contributed by atoms with Crippen LogP contribution in [0.2, 0.25) is 0 Å². The van der Waals surface area contributed by atoms with Crippen molar-refractivity contribution >= 4 is 0 Å². The van der Waals surface area contributed by atoms with Crippen molar-refractivity contribution < 1.29 is 8.78 Å². The predicted molar refractivity (Wildman–Crippen MR) is 71.6 cm³/mol. The number of hydrogen-bond acceptors (Lipinski definition) is 1. The van der Waals surface area contributed by atoms with Crippen LogP contribution in [0, 0.1) is 17.0 Å². The van der Waals surface area contributed by atoms with E-state index in [0.717, 1.165) is 18.9 Å². The van der Waals surface area contributed by atoms with Gasteiger partial charge in [0.1, 0.15) is 11.6 Å². The largest absolute Gasteiger partial charge is 0.316 e. The maximum Gasteiger partial charge on any atom is 0.129 e. The van der Waals surface area contributed by atoms with Crippen LogP contribution in [0.15, 0.2) is 18.2 Å². The molecule has 1 aromatic carbocycles. The maximum absolute atomic E-state index is 13.4. The van der Waals surface area contributed by atoms with Crippen LogP contribution in [0.1, 0.15) is 39.2 Å². The first kappa shape index (κ1) is 15.1. The van der Waals surface area contributed by atoms with Crippen molar-refractivity contribution in [3.63, 3.8) is 0 Å². The number of aryl methyl sites for hydroxylation is 1. The lowest BCUT2D eigenvalue weighted by molar-refractivity contribution is 0.263. The van der Waals surface area contributed by atoms with E-state index in [-0.39, 0.29) is 5.41 Å². The summed E-state index contributed by atoms with van der Waals surface area (Å²) >= 11 is 0. The fraction of sp³-hybridized carbons (Fsp3) is 0.600. The first-order valence-corrected chi connectivity index (χ1v) is 6.46. The first-order valence-electron chi connectivity index (χ1n) is 6.46. The Hall–Kier alpha value is -0.960. The summed E-state index contributed by atoms with van der Waals surface area (Å²) in [6, 6.07) is 4.21. The molecular weight excluding hydrogens is 232 g/mol. The van der Waals surface area contributed by atoms with Gasteiger partial charge in [-0.05, 0) is 43.4 Å². The van der Waals surface area contributed by atoms with E-state index in [2.05, 4.69) is 26.1 Å². The molecule has 0 saturated heterocycles. The van der Waals surface area contributed by atoms with Crippen LogP contribution in [0.5, 0.6) is 0 Å². The second kappa shape index (κ2) is 6.28. The third-order valence-corrected chi connectivity index (χ3v) is 3.35. The van der Waals surface area contributed by atoms with E-state index in [4.69, 9.17) is 0 Å². The fourth-order valence-electron chi connectivity index (χ4n) is 2.23. The van der Waals surface area contributed by atoms with E-state index in [1.807, 2.05) is 7.05 Å². The van der Waals surface area contributed by atoms with Gasteiger partial charge in [0.15, 0.2) is 0 Å². The fourth-order valence-corrected chi connectivity index (χ4v) is 2.23. The molecule has 0 aliphatic heterocycles. The number of rotatable bonds is 5. The Morgan fingerprint density at radius 2 is 1.89 bits per heavy atom. The monoisotopic (exact) mass is 255 g/mol. The van der Waals surface area contributed by atoms with Crippen LogP contribution >= 0.6 is 0 Å². The average molecular weight is 255 g/mol. The Balaban J connectivity index is 2.51. The van der Waals surface area contributed by atoms with Crippen molar-refractivity contribution in [1.82, 2.24) is 5.32 Å². The molecule has 3 heteroatoms. The molecule has 0 fully saturated rings. The van der Waals surface area contributed by atoms with Gasteiger partial charge in [-0.25, -0.2) is 8.78 Å². The molecule has 0 aliphatic rings. The predicted octanol–water partition coefficient (Wildman–Crippen LogP) is 3.92. The van der Waals surface area contributed by atoms with Gasteiger partial charge in [0, 0.05) is 12.1 Å². The molecule has 1 aromatic rings. The van der Waals surface area contributed by atoms with Crippen molar-refractivity contribution in [2.45, 2.75) is 46.1 Å². The zero-order valence-corrected chi connectivity index (χ0v) is 11.7. The molecule has 1 rings (SSSR count). The molecule has 0 radical (unpaired) electrons. The number of nitrogens with one attached hydrogen (secondary N) is 1. The van der Waals surface area contributed by atoms with E-state index in [9.17, 15) is 8.78 Å². The number of benzene rings is 1. The van der Waals surface area contributed by atoms with Crippen LogP contribution in [-0.2, 0) is 6.42 Å². The zero-order valence-electron chi connectivity index (χ0n) is 11.7. The van der Waals surface area contributed by atoms with Crippen molar-refractivity contribution in [3.8, 4) is 0 Å². The van der Waals surface area contributed by atoms with Gasteiger partial charge in [-0.2, -0.15) is 0 Å². The lowest BCUT2D eigenvalue weighted by Crippen LogP contribution is -2.37. The first-order chi connectivity index (χ1) is 8.34. The summed E-state index contributed by atoms with van der Waals surface area (Å²) in [4.78, 5) is 0. The van der Waals surface area contributed by atoms with E-state index in [1.54, 1.807) is 0 Å². The minimum Gasteiger partial charge on any atom is -0.316 e. The van der Waals surface area contributed by atoms with Gasteiger partial charge in [0.05, 0.1) is 0 Å². The van der Waals surface area contributed by atoms with Gasteiger partial charge >= 0.3 is 0 Å². The van der Waals surface area contributed by atoms with Gasteiger partial charge < -0.3 is 5.32 Å². The average Bonchev–Trinajstić information content (AvgIpc) is 2.25. The summed E-state index contributed by atoms with van der Waals surface area (Å²) in [6.45, 7) is 6.56. The normalized spacial score (nSPS) is 13.7. The second-order valence-corrected chi connectivity index (χ2v) is 5.84. The molecule has 18 heavy (non-hydrogen) atoms. The minimum atomic E-state index is -0.515. The third-order valence-electron chi connectivity index (χ3n) is 3.35. The highest BCUT2D eigenvalue weighted by Crippen LogP contribution is 2.23. The lowest BCUT2D eigenvalue weighted by atomic mass is 9.83. The Morgan fingerprint density at radius 1 is 1.22 bits per heavy atom. The second-order valence-electron chi connectivity index (χ2n) is 5.84. The highest BCUT2D eigenvalue weighted by molar-refractivity contribution is 5.18. The lowest BCUT2D eigenvalue weighted by Gasteiger charge is -2.30. The highest BCUT2D eigenvalue weighted by Gasteiger charge is 2.22. The molecule has 0 bridgehead atoms. The minimum absolute atomic E-state index is 0.191. The van der Waals surface area contributed by atoms with Crippen molar-refractivity contribution in [3.05, 3.63) is 35.4 Å². The van der Waals surface area contributed by atoms with Crippen molar-refractivity contribution in [2.75, 3.05) is 7.05 Å². The molecule has 1 N–H and O–H groups in total. The molecule has 0 aromatic heterocycles. The third kappa shape index (κ3) is 4.37. The summed E-state index contributed by atoms with van der Waals surface area (Å²) in [5.74, 6) is -0.953. The van der Waals surface area contributed by atoms with Crippen LogP contribution in [0.25, 0.3) is 0 Å². The summed E-state index contributed by atoms with van der Waals surface area (Å²) in [5.41, 5.74) is 0.788. The molecular formula is C15H23F2N. The Morgan fingerprint density at radius 3 is 2.39 bits per heavy atom. The van der Waals surface area contributed by atoms with Gasteiger partial charge in [0.25, 0.3) is 0 Å². The molecule has 0 amide bonds. The molecule has 1 unspecified atom stereocenters. The zero-order chi connectivity index (χ0) is 13.8. The van der Waals surface area contributed by atoms with Gasteiger partial charge in [-0.3, -0.25) is 0 Å². The van der Waals surface area contributed by atoms with Crippen LogP contribution in [0.3, 0.4) is 0 Å². The summed E-state index contributed by atoms with van der Waals surface area (Å²) in [6.07, 6.45) is 2.53. The van der Waals surface area contributed by atoms with Gasteiger partial charge in [0.2, 0.25) is 0 Å². The van der Waals surface area contributed by atoms with E-state index < -0.39 is 11.6 Å².